The van der Waals surface area contributed by atoms with Gasteiger partial charge in [0.1, 0.15) is 0 Å². The number of hydrogen-bond donors (Lipinski definition) is 0. The van der Waals surface area contributed by atoms with Crippen LogP contribution in [0.5, 0.6) is 0 Å². The number of aryl methyl sites for hydroxylation is 2. The van der Waals surface area contributed by atoms with Crippen molar-refractivity contribution in [2.24, 2.45) is 0 Å². The molecule has 9 nitrogen and oxygen atoms in total. The molecule has 0 N–H and O–H groups in total. The van der Waals surface area contributed by atoms with Crippen molar-refractivity contribution >= 4 is 42.6 Å². The molecule has 1 aromatic heterocycles. The van der Waals surface area contributed by atoms with Gasteiger partial charge in [-0.1, -0.05) is 17.4 Å². The summed E-state index contributed by atoms with van der Waals surface area (Å²) in [4.78, 5) is 23.0. The SMILES string of the molecule is Cc1cc(C)c2sc(N(CCCN3CCOCC3)C(=O)c3ccc(S(=O)(=O)N4CC(C)OC(C)C4)cc3)nc2c1. The lowest BCUT2D eigenvalue weighted by molar-refractivity contribution is -0.0440. The molecule has 3 aromatic rings. The Bertz CT molecular complexity index is 1440. The Labute approximate surface area is 240 Å². The summed E-state index contributed by atoms with van der Waals surface area (Å²) in [5.74, 6) is -0.187. The van der Waals surface area contributed by atoms with E-state index in [1.165, 1.54) is 27.8 Å². The quantitative estimate of drug-likeness (QED) is 0.393. The van der Waals surface area contributed by atoms with Gasteiger partial charge >= 0.3 is 0 Å². The van der Waals surface area contributed by atoms with E-state index in [0.29, 0.717) is 30.3 Å². The Morgan fingerprint density at radius 3 is 2.42 bits per heavy atom. The van der Waals surface area contributed by atoms with Crippen LogP contribution in [-0.2, 0) is 19.5 Å². The van der Waals surface area contributed by atoms with Crippen molar-refractivity contribution in [3.05, 3.63) is 53.1 Å². The predicted molar refractivity (Wildman–Crippen MR) is 158 cm³/mol. The van der Waals surface area contributed by atoms with Crippen molar-refractivity contribution < 1.29 is 22.7 Å². The average Bonchev–Trinajstić information content (AvgIpc) is 3.35. The second-order valence-electron chi connectivity index (χ2n) is 10.8. The van der Waals surface area contributed by atoms with Crippen LogP contribution in [0.15, 0.2) is 41.3 Å². The molecule has 2 saturated heterocycles. The highest BCUT2D eigenvalue weighted by molar-refractivity contribution is 7.89. The summed E-state index contributed by atoms with van der Waals surface area (Å²) in [5.41, 5.74) is 3.59. The number of fused-ring (bicyclic) bond motifs is 1. The Kier molecular flexibility index (Phi) is 8.89. The highest BCUT2D eigenvalue weighted by atomic mass is 32.2. The van der Waals surface area contributed by atoms with Crippen molar-refractivity contribution in [2.75, 3.05) is 57.4 Å². The van der Waals surface area contributed by atoms with Gasteiger partial charge in [0.2, 0.25) is 10.0 Å². The Balaban J connectivity index is 1.39. The van der Waals surface area contributed by atoms with Crippen LogP contribution in [0, 0.1) is 13.8 Å². The third kappa shape index (κ3) is 6.40. The van der Waals surface area contributed by atoms with Crippen LogP contribution in [0.2, 0.25) is 0 Å². The van der Waals surface area contributed by atoms with E-state index in [1.54, 1.807) is 17.0 Å². The van der Waals surface area contributed by atoms with E-state index in [9.17, 15) is 13.2 Å². The van der Waals surface area contributed by atoms with Crippen LogP contribution in [0.4, 0.5) is 5.13 Å². The summed E-state index contributed by atoms with van der Waals surface area (Å²) in [6.07, 6.45) is 0.442. The lowest BCUT2D eigenvalue weighted by Gasteiger charge is -2.34. The second kappa shape index (κ2) is 12.2. The maximum absolute atomic E-state index is 13.9. The number of nitrogens with zero attached hydrogens (tertiary/aromatic N) is 4. The monoisotopic (exact) mass is 586 g/mol. The van der Waals surface area contributed by atoms with E-state index < -0.39 is 10.0 Å². The summed E-state index contributed by atoms with van der Waals surface area (Å²) in [6, 6.07) is 10.5. The molecule has 216 valence electrons. The largest absolute Gasteiger partial charge is 0.379 e. The zero-order chi connectivity index (χ0) is 28.4. The van der Waals surface area contributed by atoms with E-state index in [1.807, 2.05) is 26.8 Å². The third-order valence-corrected chi connectivity index (χ3v) is 10.4. The van der Waals surface area contributed by atoms with E-state index >= 15 is 0 Å². The number of benzene rings is 2. The summed E-state index contributed by atoms with van der Waals surface area (Å²) < 4.78 is 40.3. The molecule has 11 heteroatoms. The molecule has 0 spiro atoms. The lowest BCUT2D eigenvalue weighted by atomic mass is 10.1. The summed E-state index contributed by atoms with van der Waals surface area (Å²) in [6.45, 7) is 13.1. The zero-order valence-electron chi connectivity index (χ0n) is 23.6. The Hall–Kier alpha value is -2.41. The first-order valence-electron chi connectivity index (χ1n) is 13.9. The lowest BCUT2D eigenvalue weighted by Crippen LogP contribution is -2.48. The molecule has 2 atom stereocenters. The molecular formula is C29H38N4O5S2. The number of amides is 1. The number of rotatable bonds is 8. The van der Waals surface area contributed by atoms with Gasteiger partial charge in [0, 0.05) is 44.8 Å². The molecule has 5 rings (SSSR count). The fourth-order valence-corrected chi connectivity index (χ4v) is 8.07. The number of aromatic nitrogens is 1. The van der Waals surface area contributed by atoms with Gasteiger partial charge in [-0.05, 0) is 75.6 Å². The number of hydrogen-bond acceptors (Lipinski definition) is 8. The predicted octanol–water partition coefficient (Wildman–Crippen LogP) is 4.08. The average molecular weight is 587 g/mol. The molecule has 2 unspecified atom stereocenters. The minimum absolute atomic E-state index is 0.174. The van der Waals surface area contributed by atoms with Gasteiger partial charge in [-0.2, -0.15) is 4.31 Å². The van der Waals surface area contributed by atoms with Gasteiger partial charge in [0.25, 0.3) is 5.91 Å². The molecule has 0 bridgehead atoms. The smallest absolute Gasteiger partial charge is 0.260 e. The van der Waals surface area contributed by atoms with Gasteiger partial charge in [0.15, 0.2) is 5.13 Å². The molecule has 0 aliphatic carbocycles. The number of anilines is 1. The van der Waals surface area contributed by atoms with Gasteiger partial charge in [0.05, 0.1) is 40.5 Å². The normalized spacial score (nSPS) is 21.1. The van der Waals surface area contributed by atoms with Gasteiger partial charge < -0.3 is 9.47 Å². The molecule has 3 heterocycles. The van der Waals surface area contributed by atoms with E-state index in [4.69, 9.17) is 14.5 Å². The molecular weight excluding hydrogens is 548 g/mol. The number of ether oxygens (including phenoxy) is 2. The molecule has 0 radical (unpaired) electrons. The Morgan fingerprint density at radius 1 is 1.07 bits per heavy atom. The molecule has 0 saturated carbocycles. The molecule has 2 fully saturated rings. The van der Waals surface area contributed by atoms with Crippen LogP contribution in [0.3, 0.4) is 0 Å². The van der Waals surface area contributed by atoms with Crippen LogP contribution in [0.25, 0.3) is 10.2 Å². The second-order valence-corrected chi connectivity index (χ2v) is 13.7. The van der Waals surface area contributed by atoms with E-state index in [-0.39, 0.29) is 23.0 Å². The topological polar surface area (TPSA) is 92.3 Å². The van der Waals surface area contributed by atoms with Crippen molar-refractivity contribution in [2.45, 2.75) is 51.2 Å². The first-order valence-corrected chi connectivity index (χ1v) is 16.1. The fourth-order valence-electron chi connectivity index (χ4n) is 5.44. The number of carbonyl (C=O) groups is 1. The summed E-state index contributed by atoms with van der Waals surface area (Å²) in [7, 11) is -3.69. The summed E-state index contributed by atoms with van der Waals surface area (Å²) in [5, 5.41) is 0.656. The van der Waals surface area contributed by atoms with Crippen molar-refractivity contribution in [3.63, 3.8) is 0 Å². The van der Waals surface area contributed by atoms with Gasteiger partial charge in [-0.15, -0.1) is 0 Å². The van der Waals surface area contributed by atoms with Crippen LogP contribution >= 0.6 is 11.3 Å². The summed E-state index contributed by atoms with van der Waals surface area (Å²) >= 11 is 1.52. The van der Waals surface area contributed by atoms with Crippen LogP contribution in [-0.4, -0.2) is 93.2 Å². The standard InChI is InChI=1S/C29H38N4O5S2/c1-20-16-21(2)27-26(17-20)30-29(39-27)33(11-5-10-31-12-14-37-15-13-31)28(34)24-6-8-25(9-7-24)40(35,36)32-18-22(3)38-23(4)19-32/h6-9,16-17,22-23H,5,10-15,18-19H2,1-4H3. The van der Waals surface area contributed by atoms with Gasteiger partial charge in [-0.3, -0.25) is 14.6 Å². The molecule has 2 aromatic carbocycles. The number of thiazole rings is 1. The number of morpholine rings is 2. The van der Waals surface area contributed by atoms with Crippen molar-refractivity contribution in [3.8, 4) is 0 Å². The molecule has 40 heavy (non-hydrogen) atoms. The minimum Gasteiger partial charge on any atom is -0.379 e. The first kappa shape index (κ1) is 29.1. The first-order chi connectivity index (χ1) is 19.1. The van der Waals surface area contributed by atoms with Crippen molar-refractivity contribution in [1.82, 2.24) is 14.2 Å². The maximum atomic E-state index is 13.9. The number of carbonyl (C=O) groups excluding carboxylic acids is 1. The van der Waals surface area contributed by atoms with E-state index in [2.05, 4.69) is 17.9 Å². The molecule has 2 aliphatic rings. The molecule has 2 aliphatic heterocycles. The van der Waals surface area contributed by atoms with Crippen molar-refractivity contribution in [1.29, 1.82) is 0 Å². The minimum atomic E-state index is -3.69. The fraction of sp³-hybridized carbons (Fsp3) is 0.517. The highest BCUT2D eigenvalue weighted by Crippen LogP contribution is 2.33. The number of sulfonamides is 1. The van der Waals surface area contributed by atoms with E-state index in [0.717, 1.165) is 60.6 Å². The van der Waals surface area contributed by atoms with Crippen LogP contribution < -0.4 is 4.90 Å². The third-order valence-electron chi connectivity index (χ3n) is 7.37. The Morgan fingerprint density at radius 2 is 1.75 bits per heavy atom. The maximum Gasteiger partial charge on any atom is 0.260 e. The zero-order valence-corrected chi connectivity index (χ0v) is 25.3. The highest BCUT2D eigenvalue weighted by Gasteiger charge is 2.32. The van der Waals surface area contributed by atoms with Gasteiger partial charge in [-0.25, -0.2) is 13.4 Å². The molecule has 1 amide bonds. The van der Waals surface area contributed by atoms with Crippen LogP contribution in [0.1, 0.15) is 41.8 Å².